The quantitative estimate of drug-likeness (QED) is 0.506. The van der Waals surface area contributed by atoms with Gasteiger partial charge < -0.3 is 14.4 Å². The molecule has 0 aliphatic carbocycles. The number of rotatable bonds is 10. The molecule has 0 saturated carbocycles. The third kappa shape index (κ3) is 5.29. The summed E-state index contributed by atoms with van der Waals surface area (Å²) in [4.78, 5) is 15.4. The minimum Gasteiger partial charge on any atom is -0.497 e. The van der Waals surface area contributed by atoms with Gasteiger partial charge in [0.1, 0.15) is 11.5 Å². The first-order chi connectivity index (χ1) is 14.0. The van der Waals surface area contributed by atoms with Crippen LogP contribution in [0, 0.1) is 11.8 Å². The number of hydrogen-bond acceptors (Lipinski definition) is 3. The van der Waals surface area contributed by atoms with Gasteiger partial charge in [-0.3, -0.25) is 4.79 Å². The minimum atomic E-state index is -0.287. The van der Waals surface area contributed by atoms with Gasteiger partial charge in [0, 0.05) is 11.6 Å². The molecule has 4 heteroatoms. The van der Waals surface area contributed by atoms with Gasteiger partial charge in [0.05, 0.1) is 32.7 Å². The molecule has 0 heterocycles. The fraction of sp³-hybridized carbons (Fsp3) is 0.320. The largest absolute Gasteiger partial charge is 0.497 e. The molecule has 0 aliphatic rings. The van der Waals surface area contributed by atoms with Crippen LogP contribution in [0.4, 0.5) is 0 Å². The standard InChI is InChI=1S/C25H31NO3/c1-7-22(18(3)4)25(27)26(23(8-2)19-12-10-9-11-13-19)17-20-14-15-21(28-5)16-24(20)29-6/h7-16,18,22-23H,1-2,17H2,3-6H3/t22-,23+/m0/s1. The Morgan fingerprint density at radius 1 is 1.03 bits per heavy atom. The Kier molecular flexibility index (Phi) is 8.08. The summed E-state index contributed by atoms with van der Waals surface area (Å²) >= 11 is 0. The molecule has 0 aromatic heterocycles. The van der Waals surface area contributed by atoms with Crippen molar-refractivity contribution >= 4 is 5.91 Å². The van der Waals surface area contributed by atoms with E-state index in [0.717, 1.165) is 11.1 Å². The van der Waals surface area contributed by atoms with Crippen LogP contribution in [0.15, 0.2) is 73.8 Å². The summed E-state index contributed by atoms with van der Waals surface area (Å²) < 4.78 is 10.9. The molecule has 0 unspecified atom stereocenters. The fourth-order valence-corrected chi connectivity index (χ4v) is 3.42. The molecule has 154 valence electrons. The highest BCUT2D eigenvalue weighted by Crippen LogP contribution is 2.32. The maximum atomic E-state index is 13.6. The average Bonchev–Trinajstić information content (AvgIpc) is 2.74. The lowest BCUT2D eigenvalue weighted by Gasteiger charge is -2.34. The molecule has 2 aromatic rings. The molecule has 1 amide bonds. The molecule has 2 rings (SSSR count). The molecule has 0 aliphatic heterocycles. The second-order valence-corrected chi connectivity index (χ2v) is 7.24. The van der Waals surface area contributed by atoms with Crippen molar-refractivity contribution in [3.63, 3.8) is 0 Å². The maximum absolute atomic E-state index is 13.6. The van der Waals surface area contributed by atoms with Crippen LogP contribution in [0.3, 0.4) is 0 Å². The summed E-state index contributed by atoms with van der Waals surface area (Å²) in [5.41, 5.74) is 1.91. The zero-order chi connectivity index (χ0) is 21.4. The highest BCUT2D eigenvalue weighted by Gasteiger charge is 2.30. The molecule has 2 aromatic carbocycles. The van der Waals surface area contributed by atoms with Gasteiger partial charge in [-0.25, -0.2) is 0 Å². The highest BCUT2D eigenvalue weighted by atomic mass is 16.5. The van der Waals surface area contributed by atoms with Gasteiger partial charge in [0.25, 0.3) is 0 Å². The highest BCUT2D eigenvalue weighted by molar-refractivity contribution is 5.81. The van der Waals surface area contributed by atoms with E-state index in [1.54, 1.807) is 20.3 Å². The number of methoxy groups -OCH3 is 2. The van der Waals surface area contributed by atoms with Crippen LogP contribution in [0.2, 0.25) is 0 Å². The van der Waals surface area contributed by atoms with Gasteiger partial charge in [0.2, 0.25) is 5.91 Å². The van der Waals surface area contributed by atoms with Crippen LogP contribution >= 0.6 is 0 Å². The van der Waals surface area contributed by atoms with Gasteiger partial charge >= 0.3 is 0 Å². The lowest BCUT2D eigenvalue weighted by atomic mass is 9.92. The molecule has 0 saturated heterocycles. The minimum absolute atomic E-state index is 0.0154. The number of benzene rings is 2. The van der Waals surface area contributed by atoms with Crippen LogP contribution in [-0.2, 0) is 11.3 Å². The Morgan fingerprint density at radius 3 is 2.24 bits per heavy atom. The van der Waals surface area contributed by atoms with Crippen molar-refractivity contribution in [1.82, 2.24) is 4.90 Å². The Hall–Kier alpha value is -3.01. The van der Waals surface area contributed by atoms with Crippen molar-refractivity contribution in [1.29, 1.82) is 0 Å². The van der Waals surface area contributed by atoms with Crippen molar-refractivity contribution < 1.29 is 14.3 Å². The van der Waals surface area contributed by atoms with E-state index < -0.39 is 0 Å². The number of nitrogens with zero attached hydrogens (tertiary/aromatic N) is 1. The van der Waals surface area contributed by atoms with Crippen molar-refractivity contribution in [2.45, 2.75) is 26.4 Å². The zero-order valence-electron chi connectivity index (χ0n) is 17.8. The third-order valence-electron chi connectivity index (χ3n) is 5.08. The smallest absolute Gasteiger partial charge is 0.230 e. The summed E-state index contributed by atoms with van der Waals surface area (Å²) in [5.74, 6) is 1.25. The number of ether oxygens (including phenoxy) is 2. The normalized spacial score (nSPS) is 12.7. The SMILES string of the molecule is C=C[C@H](C(=O)N(Cc1ccc(OC)cc1OC)[C@H](C=C)c1ccccc1)C(C)C. The number of amides is 1. The number of carbonyl (C=O) groups excluding carboxylic acids is 1. The fourth-order valence-electron chi connectivity index (χ4n) is 3.42. The Labute approximate surface area is 174 Å². The van der Waals surface area contributed by atoms with E-state index in [1.165, 1.54) is 0 Å². The molecule has 0 radical (unpaired) electrons. The summed E-state index contributed by atoms with van der Waals surface area (Å²) in [6.45, 7) is 12.3. The summed E-state index contributed by atoms with van der Waals surface area (Å²) in [6, 6.07) is 15.3. The van der Waals surface area contributed by atoms with E-state index in [9.17, 15) is 4.79 Å². The van der Waals surface area contributed by atoms with Crippen LogP contribution < -0.4 is 9.47 Å². The van der Waals surface area contributed by atoms with E-state index in [0.29, 0.717) is 18.0 Å². The predicted molar refractivity (Wildman–Crippen MR) is 118 cm³/mol. The summed E-state index contributed by atoms with van der Waals surface area (Å²) in [5, 5.41) is 0. The van der Waals surface area contributed by atoms with E-state index in [4.69, 9.17) is 9.47 Å². The van der Waals surface area contributed by atoms with Crippen LogP contribution in [0.25, 0.3) is 0 Å². The Morgan fingerprint density at radius 2 is 1.72 bits per heavy atom. The van der Waals surface area contributed by atoms with Crippen LogP contribution in [0.1, 0.15) is 31.0 Å². The lowest BCUT2D eigenvalue weighted by Crippen LogP contribution is -2.39. The van der Waals surface area contributed by atoms with E-state index in [2.05, 4.69) is 13.2 Å². The van der Waals surface area contributed by atoms with Crippen molar-refractivity contribution in [3.8, 4) is 11.5 Å². The number of carbonyl (C=O) groups is 1. The van der Waals surface area contributed by atoms with Crippen molar-refractivity contribution in [2.75, 3.05) is 14.2 Å². The molecule has 0 spiro atoms. The Balaban J connectivity index is 2.51. The van der Waals surface area contributed by atoms with Crippen molar-refractivity contribution in [3.05, 3.63) is 85.0 Å². The molecule has 4 nitrogen and oxygen atoms in total. The van der Waals surface area contributed by atoms with Gasteiger partial charge in [-0.15, -0.1) is 13.2 Å². The van der Waals surface area contributed by atoms with Gasteiger partial charge in [0.15, 0.2) is 0 Å². The molecular weight excluding hydrogens is 362 g/mol. The van der Waals surface area contributed by atoms with E-state index >= 15 is 0 Å². The van der Waals surface area contributed by atoms with Gasteiger partial charge in [-0.1, -0.05) is 56.3 Å². The first-order valence-electron chi connectivity index (χ1n) is 9.78. The van der Waals surface area contributed by atoms with Crippen LogP contribution in [0.5, 0.6) is 11.5 Å². The second-order valence-electron chi connectivity index (χ2n) is 7.24. The molecule has 0 N–H and O–H groups in total. The maximum Gasteiger partial charge on any atom is 0.230 e. The topological polar surface area (TPSA) is 38.8 Å². The predicted octanol–water partition coefficient (Wildman–Crippen LogP) is 5.42. The average molecular weight is 394 g/mol. The number of hydrogen-bond donors (Lipinski definition) is 0. The second kappa shape index (κ2) is 10.5. The monoisotopic (exact) mass is 393 g/mol. The summed E-state index contributed by atoms with van der Waals surface area (Å²) in [6.07, 6.45) is 3.54. The molecule has 0 bridgehead atoms. The third-order valence-corrected chi connectivity index (χ3v) is 5.08. The van der Waals surface area contributed by atoms with Gasteiger partial charge in [-0.2, -0.15) is 0 Å². The molecule has 0 fully saturated rings. The molecule has 2 atom stereocenters. The first kappa shape index (κ1) is 22.3. The van der Waals surface area contributed by atoms with Crippen molar-refractivity contribution in [2.24, 2.45) is 11.8 Å². The Bertz CT molecular complexity index is 829. The van der Waals surface area contributed by atoms with Crippen LogP contribution in [-0.4, -0.2) is 25.0 Å². The van der Waals surface area contributed by atoms with E-state index in [1.807, 2.05) is 73.4 Å². The lowest BCUT2D eigenvalue weighted by molar-refractivity contribution is -0.137. The molecular formula is C25H31NO3. The zero-order valence-corrected chi connectivity index (χ0v) is 17.8. The van der Waals surface area contributed by atoms with Gasteiger partial charge in [-0.05, 0) is 23.6 Å². The van der Waals surface area contributed by atoms with E-state index in [-0.39, 0.29) is 23.8 Å². The summed E-state index contributed by atoms with van der Waals surface area (Å²) in [7, 11) is 3.23. The first-order valence-corrected chi connectivity index (χ1v) is 9.78. The molecule has 29 heavy (non-hydrogen) atoms.